The van der Waals surface area contributed by atoms with E-state index >= 15 is 0 Å². The maximum atomic E-state index is 11.1. The van der Waals surface area contributed by atoms with E-state index in [1.807, 2.05) is 19.4 Å². The Kier molecular flexibility index (Phi) is 4.49. The number of aryl methyl sites for hydroxylation is 1. The number of rotatable bonds is 5. The van der Waals surface area contributed by atoms with Gasteiger partial charge in [-0.3, -0.25) is 14.8 Å². The highest BCUT2D eigenvalue weighted by atomic mass is 35.5. The molecule has 0 spiro atoms. The fourth-order valence-corrected chi connectivity index (χ4v) is 3.01. The van der Waals surface area contributed by atoms with Crippen molar-refractivity contribution in [3.8, 4) is 0 Å². The Labute approximate surface area is 139 Å². The summed E-state index contributed by atoms with van der Waals surface area (Å²) >= 11 is 5.84. The Morgan fingerprint density at radius 1 is 1.52 bits per heavy atom. The molecule has 1 N–H and O–H groups in total. The van der Waals surface area contributed by atoms with Gasteiger partial charge in [0.2, 0.25) is 0 Å². The summed E-state index contributed by atoms with van der Waals surface area (Å²) < 4.78 is 1.78. The fraction of sp³-hybridized carbons (Fsp3) is 0.400. The van der Waals surface area contributed by atoms with Crippen LogP contribution in [0.15, 0.2) is 30.6 Å². The van der Waals surface area contributed by atoms with Crippen LogP contribution >= 0.6 is 11.6 Å². The molecule has 1 aromatic carbocycles. The van der Waals surface area contributed by atoms with Crippen LogP contribution in [0.4, 0.5) is 11.4 Å². The maximum absolute atomic E-state index is 11.1. The summed E-state index contributed by atoms with van der Waals surface area (Å²) in [5, 5.41) is 19.1. The number of hydrogen-bond acceptors (Lipinski definition) is 5. The second-order valence-electron chi connectivity index (χ2n) is 5.71. The zero-order valence-electron chi connectivity index (χ0n) is 12.8. The van der Waals surface area contributed by atoms with Gasteiger partial charge >= 0.3 is 0 Å². The first-order chi connectivity index (χ1) is 11.0. The predicted molar refractivity (Wildman–Crippen MR) is 88.8 cm³/mol. The Morgan fingerprint density at radius 2 is 2.35 bits per heavy atom. The van der Waals surface area contributed by atoms with Crippen molar-refractivity contribution >= 4 is 23.0 Å². The van der Waals surface area contributed by atoms with E-state index in [-0.39, 0.29) is 10.6 Å². The Hall–Kier alpha value is -2.12. The second-order valence-corrected chi connectivity index (χ2v) is 6.15. The Balaban J connectivity index is 1.60. The van der Waals surface area contributed by atoms with Crippen molar-refractivity contribution in [1.29, 1.82) is 0 Å². The van der Waals surface area contributed by atoms with E-state index in [1.54, 1.807) is 16.8 Å². The first kappa shape index (κ1) is 15.8. The minimum absolute atomic E-state index is 0.0621. The number of halogens is 1. The van der Waals surface area contributed by atoms with Gasteiger partial charge in [0.05, 0.1) is 16.8 Å². The normalized spacial score (nSPS) is 17.7. The third-order valence-electron chi connectivity index (χ3n) is 4.07. The standard InChI is InChI=1S/C15H18ClN5O2/c1-19-10-14(8-18-19)20-5-4-13(9-20)17-7-11-2-3-12(16)6-15(11)21(22)23/h2-3,6,8,10,13,17H,4-5,7,9H2,1H3. The summed E-state index contributed by atoms with van der Waals surface area (Å²) in [5.74, 6) is 0. The van der Waals surface area contributed by atoms with Crippen molar-refractivity contribution in [3.63, 3.8) is 0 Å². The van der Waals surface area contributed by atoms with Gasteiger partial charge in [-0.1, -0.05) is 11.6 Å². The second kappa shape index (κ2) is 6.55. The van der Waals surface area contributed by atoms with Gasteiger partial charge in [0.25, 0.3) is 5.69 Å². The van der Waals surface area contributed by atoms with E-state index < -0.39 is 0 Å². The van der Waals surface area contributed by atoms with E-state index in [9.17, 15) is 10.1 Å². The summed E-state index contributed by atoms with van der Waals surface area (Å²) in [6.07, 6.45) is 4.84. The summed E-state index contributed by atoms with van der Waals surface area (Å²) in [6.45, 7) is 2.28. The van der Waals surface area contributed by atoms with Crippen LogP contribution in [0.1, 0.15) is 12.0 Å². The van der Waals surface area contributed by atoms with Crippen molar-refractivity contribution in [2.75, 3.05) is 18.0 Å². The van der Waals surface area contributed by atoms with Crippen molar-refractivity contribution < 1.29 is 4.92 Å². The van der Waals surface area contributed by atoms with E-state index in [0.717, 1.165) is 25.2 Å². The van der Waals surface area contributed by atoms with Crippen LogP contribution in [-0.4, -0.2) is 33.8 Å². The highest BCUT2D eigenvalue weighted by molar-refractivity contribution is 6.30. The largest absolute Gasteiger partial charge is 0.367 e. The molecule has 23 heavy (non-hydrogen) atoms. The smallest absolute Gasteiger partial charge is 0.275 e. The maximum Gasteiger partial charge on any atom is 0.275 e. The lowest BCUT2D eigenvalue weighted by molar-refractivity contribution is -0.385. The molecule has 1 atom stereocenters. The molecule has 1 aliphatic rings. The molecule has 1 aliphatic heterocycles. The summed E-state index contributed by atoms with van der Waals surface area (Å²) in [6, 6.07) is 5.09. The van der Waals surface area contributed by atoms with Crippen LogP contribution < -0.4 is 10.2 Å². The van der Waals surface area contributed by atoms with Gasteiger partial charge in [0.15, 0.2) is 0 Å². The molecular formula is C15H18ClN5O2. The molecule has 122 valence electrons. The van der Waals surface area contributed by atoms with Gasteiger partial charge in [0, 0.05) is 55.6 Å². The number of aromatic nitrogens is 2. The average Bonchev–Trinajstić information content (AvgIpc) is 3.14. The van der Waals surface area contributed by atoms with Crippen LogP contribution in [0, 0.1) is 10.1 Å². The van der Waals surface area contributed by atoms with Crippen LogP contribution in [0.3, 0.4) is 0 Å². The minimum Gasteiger partial charge on any atom is -0.367 e. The lowest BCUT2D eigenvalue weighted by atomic mass is 10.1. The SMILES string of the molecule is Cn1cc(N2CCC(NCc3ccc(Cl)cc3[N+](=O)[O-])C2)cn1. The first-order valence-corrected chi connectivity index (χ1v) is 7.80. The molecule has 0 saturated carbocycles. The van der Waals surface area contributed by atoms with Gasteiger partial charge in [-0.05, 0) is 18.6 Å². The minimum atomic E-state index is -0.389. The van der Waals surface area contributed by atoms with Crippen molar-refractivity contribution in [2.24, 2.45) is 7.05 Å². The highest BCUT2D eigenvalue weighted by Gasteiger charge is 2.24. The van der Waals surface area contributed by atoms with Crippen LogP contribution in [0.25, 0.3) is 0 Å². The monoisotopic (exact) mass is 335 g/mol. The number of benzene rings is 1. The fourth-order valence-electron chi connectivity index (χ4n) is 2.84. The quantitative estimate of drug-likeness (QED) is 0.670. The molecule has 1 unspecified atom stereocenters. The molecule has 0 radical (unpaired) electrons. The number of nitro groups is 1. The van der Waals surface area contributed by atoms with E-state index in [1.165, 1.54) is 6.07 Å². The summed E-state index contributed by atoms with van der Waals surface area (Å²) in [4.78, 5) is 13.0. The molecular weight excluding hydrogens is 318 g/mol. The number of nitro benzene ring substituents is 1. The molecule has 0 bridgehead atoms. The van der Waals surface area contributed by atoms with Gasteiger partial charge in [-0.25, -0.2) is 0 Å². The number of nitrogens with zero attached hydrogens (tertiary/aromatic N) is 4. The summed E-state index contributed by atoms with van der Waals surface area (Å²) in [7, 11) is 1.90. The van der Waals surface area contributed by atoms with Gasteiger partial charge < -0.3 is 10.2 Å². The van der Waals surface area contributed by atoms with Gasteiger partial charge in [-0.15, -0.1) is 0 Å². The first-order valence-electron chi connectivity index (χ1n) is 7.43. The molecule has 0 amide bonds. The lowest BCUT2D eigenvalue weighted by Crippen LogP contribution is -2.32. The van der Waals surface area contributed by atoms with E-state index in [4.69, 9.17) is 11.6 Å². The molecule has 1 fully saturated rings. The summed E-state index contributed by atoms with van der Waals surface area (Å²) in [5.41, 5.74) is 1.82. The predicted octanol–water partition coefficient (Wildman–Crippen LogP) is 2.35. The molecule has 3 rings (SSSR count). The highest BCUT2D eigenvalue weighted by Crippen LogP contribution is 2.24. The molecule has 2 aromatic rings. The molecule has 7 nitrogen and oxygen atoms in total. The van der Waals surface area contributed by atoms with Crippen molar-refractivity contribution in [3.05, 3.63) is 51.3 Å². The number of anilines is 1. The molecule has 8 heteroatoms. The molecule has 2 heterocycles. The molecule has 1 saturated heterocycles. The van der Waals surface area contributed by atoms with E-state index in [0.29, 0.717) is 23.2 Å². The van der Waals surface area contributed by atoms with Crippen molar-refractivity contribution in [1.82, 2.24) is 15.1 Å². The zero-order valence-corrected chi connectivity index (χ0v) is 13.5. The lowest BCUT2D eigenvalue weighted by Gasteiger charge is -2.17. The van der Waals surface area contributed by atoms with Crippen molar-refractivity contribution in [2.45, 2.75) is 19.0 Å². The number of nitrogens with one attached hydrogen (secondary N) is 1. The molecule has 0 aliphatic carbocycles. The Bertz CT molecular complexity index is 718. The third kappa shape index (κ3) is 3.62. The van der Waals surface area contributed by atoms with E-state index in [2.05, 4.69) is 15.3 Å². The van der Waals surface area contributed by atoms with Crippen LogP contribution in [0.2, 0.25) is 5.02 Å². The third-order valence-corrected chi connectivity index (χ3v) is 4.30. The van der Waals surface area contributed by atoms with Crippen LogP contribution in [0.5, 0.6) is 0 Å². The van der Waals surface area contributed by atoms with Crippen LogP contribution in [-0.2, 0) is 13.6 Å². The topological polar surface area (TPSA) is 76.2 Å². The average molecular weight is 336 g/mol. The van der Waals surface area contributed by atoms with Gasteiger partial charge in [-0.2, -0.15) is 5.10 Å². The van der Waals surface area contributed by atoms with Gasteiger partial charge in [0.1, 0.15) is 0 Å². The number of hydrogen-bond donors (Lipinski definition) is 1. The molecule has 1 aromatic heterocycles. The Morgan fingerprint density at radius 3 is 3.04 bits per heavy atom. The zero-order chi connectivity index (χ0) is 16.4.